The Balaban J connectivity index is 1.87. The van der Waals surface area contributed by atoms with Gasteiger partial charge in [-0.1, -0.05) is 23.7 Å². The van der Waals surface area contributed by atoms with Crippen molar-refractivity contribution >= 4 is 51.2 Å². The molecular formula is C16H13BrClN3O3. The van der Waals surface area contributed by atoms with E-state index in [2.05, 4.69) is 31.8 Å². The SMILES string of the molecule is O=C(CC(=O)Nc1ccccc1Br)NN=Cc1cc(Cl)ccc1O. The number of amides is 2. The number of carbonyl (C=O) groups excluding carboxylic acids is 2. The largest absolute Gasteiger partial charge is 0.507 e. The fraction of sp³-hybridized carbons (Fsp3) is 0.0625. The van der Waals surface area contributed by atoms with Crippen molar-refractivity contribution in [1.29, 1.82) is 0 Å². The molecule has 0 unspecified atom stereocenters. The molecule has 0 aliphatic heterocycles. The van der Waals surface area contributed by atoms with Crippen molar-refractivity contribution in [3.63, 3.8) is 0 Å². The van der Waals surface area contributed by atoms with E-state index in [-0.39, 0.29) is 12.2 Å². The van der Waals surface area contributed by atoms with Gasteiger partial charge in [-0.2, -0.15) is 5.10 Å². The minimum absolute atomic E-state index is 0.0240. The third-order valence-electron chi connectivity index (χ3n) is 2.85. The van der Waals surface area contributed by atoms with Gasteiger partial charge in [0.25, 0.3) is 0 Å². The molecule has 0 bridgehead atoms. The zero-order valence-corrected chi connectivity index (χ0v) is 14.6. The first kappa shape index (κ1) is 18.0. The summed E-state index contributed by atoms with van der Waals surface area (Å²) in [6.07, 6.45) is 0.852. The van der Waals surface area contributed by atoms with Crippen LogP contribution in [-0.2, 0) is 9.59 Å². The molecule has 3 N–H and O–H groups in total. The molecule has 6 nitrogen and oxygen atoms in total. The average Bonchev–Trinajstić information content (AvgIpc) is 2.53. The van der Waals surface area contributed by atoms with Crippen molar-refractivity contribution in [2.24, 2.45) is 5.10 Å². The summed E-state index contributed by atoms with van der Waals surface area (Å²) in [7, 11) is 0. The Morgan fingerprint density at radius 3 is 2.71 bits per heavy atom. The first-order chi connectivity index (χ1) is 11.5. The van der Waals surface area contributed by atoms with E-state index in [9.17, 15) is 14.7 Å². The fourth-order valence-corrected chi connectivity index (χ4v) is 2.31. The summed E-state index contributed by atoms with van der Waals surface area (Å²) >= 11 is 9.10. The maximum atomic E-state index is 11.8. The highest BCUT2D eigenvalue weighted by Gasteiger charge is 2.10. The minimum atomic E-state index is -0.586. The van der Waals surface area contributed by atoms with Crippen molar-refractivity contribution in [1.82, 2.24) is 5.43 Å². The molecule has 124 valence electrons. The topological polar surface area (TPSA) is 90.8 Å². The normalized spacial score (nSPS) is 10.6. The van der Waals surface area contributed by atoms with E-state index in [4.69, 9.17) is 11.6 Å². The van der Waals surface area contributed by atoms with Gasteiger partial charge in [0.1, 0.15) is 12.2 Å². The molecule has 0 aliphatic carbocycles. The zero-order chi connectivity index (χ0) is 17.5. The van der Waals surface area contributed by atoms with Crippen molar-refractivity contribution in [2.75, 3.05) is 5.32 Å². The summed E-state index contributed by atoms with van der Waals surface area (Å²) in [6.45, 7) is 0. The average molecular weight is 411 g/mol. The molecule has 2 rings (SSSR count). The molecule has 2 aromatic carbocycles. The number of aromatic hydroxyl groups is 1. The maximum absolute atomic E-state index is 11.8. The van der Waals surface area contributed by atoms with E-state index >= 15 is 0 Å². The number of hydrogen-bond acceptors (Lipinski definition) is 4. The quantitative estimate of drug-likeness (QED) is 0.401. The van der Waals surface area contributed by atoms with Gasteiger partial charge < -0.3 is 10.4 Å². The predicted octanol–water partition coefficient (Wildman–Crippen LogP) is 3.29. The van der Waals surface area contributed by atoms with Gasteiger partial charge in [0.15, 0.2) is 0 Å². The number of benzene rings is 2. The number of hydrogen-bond donors (Lipinski definition) is 3. The molecule has 0 heterocycles. The van der Waals surface area contributed by atoms with Crippen molar-refractivity contribution < 1.29 is 14.7 Å². The Hall–Kier alpha value is -2.38. The Labute approximate surface area is 151 Å². The Morgan fingerprint density at radius 2 is 1.96 bits per heavy atom. The number of para-hydroxylation sites is 1. The minimum Gasteiger partial charge on any atom is -0.507 e. The van der Waals surface area contributed by atoms with Gasteiger partial charge >= 0.3 is 0 Å². The van der Waals surface area contributed by atoms with Crippen molar-refractivity contribution in [2.45, 2.75) is 6.42 Å². The number of phenolic OH excluding ortho intramolecular Hbond substituents is 1. The summed E-state index contributed by atoms with van der Waals surface area (Å²) in [6, 6.07) is 11.5. The van der Waals surface area contributed by atoms with E-state index in [1.807, 2.05) is 6.07 Å². The molecule has 0 saturated carbocycles. The Morgan fingerprint density at radius 1 is 1.21 bits per heavy atom. The second kappa shape index (κ2) is 8.47. The lowest BCUT2D eigenvalue weighted by molar-refractivity contribution is -0.126. The molecule has 8 heteroatoms. The lowest BCUT2D eigenvalue weighted by Crippen LogP contribution is -2.24. The van der Waals surface area contributed by atoms with Gasteiger partial charge in [-0.15, -0.1) is 0 Å². The van der Waals surface area contributed by atoms with E-state index in [1.165, 1.54) is 24.4 Å². The molecule has 0 aliphatic rings. The monoisotopic (exact) mass is 409 g/mol. The second-order valence-electron chi connectivity index (χ2n) is 4.70. The van der Waals surface area contributed by atoms with Crippen LogP contribution in [0.3, 0.4) is 0 Å². The summed E-state index contributed by atoms with van der Waals surface area (Å²) in [5, 5.41) is 16.3. The number of anilines is 1. The molecule has 2 amide bonds. The number of nitrogens with one attached hydrogen (secondary N) is 2. The van der Waals surface area contributed by atoms with Crippen molar-refractivity contribution in [3.8, 4) is 5.75 Å². The summed E-state index contributed by atoms with van der Waals surface area (Å²) < 4.78 is 0.716. The van der Waals surface area contributed by atoms with Crippen LogP contribution >= 0.6 is 27.5 Å². The molecule has 0 radical (unpaired) electrons. The lowest BCUT2D eigenvalue weighted by atomic mass is 10.2. The molecule has 0 aromatic heterocycles. The number of phenols is 1. The Bertz CT molecular complexity index is 796. The second-order valence-corrected chi connectivity index (χ2v) is 5.99. The van der Waals surface area contributed by atoms with Gasteiger partial charge in [-0.05, 0) is 46.3 Å². The predicted molar refractivity (Wildman–Crippen MR) is 96.2 cm³/mol. The molecular weight excluding hydrogens is 398 g/mol. The Kier molecular flexibility index (Phi) is 6.34. The highest BCUT2D eigenvalue weighted by molar-refractivity contribution is 9.10. The molecule has 0 saturated heterocycles. The molecule has 24 heavy (non-hydrogen) atoms. The van der Waals surface area contributed by atoms with E-state index in [0.717, 1.165) is 0 Å². The van der Waals surface area contributed by atoms with Crippen molar-refractivity contribution in [3.05, 3.63) is 57.5 Å². The van der Waals surface area contributed by atoms with E-state index in [1.54, 1.807) is 18.2 Å². The van der Waals surface area contributed by atoms with Gasteiger partial charge in [0, 0.05) is 15.1 Å². The van der Waals surface area contributed by atoms with Crippen LogP contribution in [0, 0.1) is 0 Å². The summed E-state index contributed by atoms with van der Waals surface area (Å²) in [5.74, 6) is -1.08. The van der Waals surface area contributed by atoms with Gasteiger partial charge in [-0.3, -0.25) is 9.59 Å². The van der Waals surface area contributed by atoms with Gasteiger partial charge in [0.05, 0.1) is 11.9 Å². The van der Waals surface area contributed by atoms with E-state index < -0.39 is 11.8 Å². The summed E-state index contributed by atoms with van der Waals surface area (Å²) in [4.78, 5) is 23.5. The summed E-state index contributed by atoms with van der Waals surface area (Å²) in [5.41, 5.74) is 3.13. The number of carbonyl (C=O) groups is 2. The van der Waals surface area contributed by atoms with Crippen LogP contribution in [0.4, 0.5) is 5.69 Å². The fourth-order valence-electron chi connectivity index (χ4n) is 1.74. The smallest absolute Gasteiger partial charge is 0.249 e. The van der Waals surface area contributed by atoms with Crippen LogP contribution in [0.25, 0.3) is 0 Å². The lowest BCUT2D eigenvalue weighted by Gasteiger charge is -2.06. The molecule has 2 aromatic rings. The van der Waals surface area contributed by atoms with Crippen LogP contribution in [0.15, 0.2) is 52.0 Å². The molecule has 0 atom stereocenters. The van der Waals surface area contributed by atoms with Crippen LogP contribution in [0.1, 0.15) is 12.0 Å². The number of hydrazone groups is 1. The first-order valence-electron chi connectivity index (χ1n) is 6.80. The standard InChI is InChI=1S/C16H13BrClN3O3/c17-12-3-1-2-4-13(12)20-15(23)8-16(24)21-19-9-10-7-11(18)5-6-14(10)22/h1-7,9,22H,8H2,(H,20,23)(H,21,24). The first-order valence-corrected chi connectivity index (χ1v) is 7.97. The van der Waals surface area contributed by atoms with E-state index in [0.29, 0.717) is 20.7 Å². The molecule has 0 fully saturated rings. The third kappa shape index (κ3) is 5.36. The third-order valence-corrected chi connectivity index (χ3v) is 3.78. The van der Waals surface area contributed by atoms with Crippen LogP contribution in [0.5, 0.6) is 5.75 Å². The zero-order valence-electron chi connectivity index (χ0n) is 12.3. The van der Waals surface area contributed by atoms with Gasteiger partial charge in [0.2, 0.25) is 11.8 Å². The number of nitrogens with zero attached hydrogens (tertiary/aromatic N) is 1. The maximum Gasteiger partial charge on any atom is 0.249 e. The van der Waals surface area contributed by atoms with Crippen LogP contribution < -0.4 is 10.7 Å². The number of rotatable bonds is 5. The van der Waals surface area contributed by atoms with Crippen LogP contribution in [-0.4, -0.2) is 23.1 Å². The molecule has 0 spiro atoms. The highest BCUT2D eigenvalue weighted by atomic mass is 79.9. The number of halogens is 2. The van der Waals surface area contributed by atoms with Gasteiger partial charge in [-0.25, -0.2) is 5.43 Å². The highest BCUT2D eigenvalue weighted by Crippen LogP contribution is 2.21. The van der Waals surface area contributed by atoms with Crippen LogP contribution in [0.2, 0.25) is 5.02 Å².